The average molecular weight is 213 g/mol. The zero-order valence-electron chi connectivity index (χ0n) is 7.98. The van der Waals surface area contributed by atoms with Crippen LogP contribution in [0.2, 0.25) is 0 Å². The van der Waals surface area contributed by atoms with Crippen molar-refractivity contribution < 1.29 is 9.84 Å². The summed E-state index contributed by atoms with van der Waals surface area (Å²) in [5.74, 6) is 1.03. The first-order valence-corrected chi connectivity index (χ1v) is 4.86. The van der Waals surface area contributed by atoms with Crippen LogP contribution in [-0.2, 0) is 0 Å². The second kappa shape index (κ2) is 5.68. The van der Waals surface area contributed by atoms with E-state index in [1.807, 2.05) is 30.3 Å². The summed E-state index contributed by atoms with van der Waals surface area (Å²) >= 11 is 5.44. The summed E-state index contributed by atoms with van der Waals surface area (Å²) in [7, 11) is 1.63. The van der Waals surface area contributed by atoms with Gasteiger partial charge in [-0.15, -0.1) is 11.6 Å². The van der Waals surface area contributed by atoms with Crippen LogP contribution in [0.3, 0.4) is 0 Å². The molecule has 0 saturated carbocycles. The smallest absolute Gasteiger partial charge is 0.118 e. The number of aliphatic hydroxyl groups is 1. The van der Waals surface area contributed by atoms with E-state index < -0.39 is 6.10 Å². The molecule has 0 saturated heterocycles. The van der Waals surface area contributed by atoms with Gasteiger partial charge in [0.2, 0.25) is 0 Å². The zero-order chi connectivity index (χ0) is 10.4. The quantitative estimate of drug-likeness (QED) is 0.777. The Morgan fingerprint density at radius 1 is 1.43 bits per heavy atom. The minimum atomic E-state index is -0.584. The molecule has 1 atom stereocenters. The second-order valence-electron chi connectivity index (χ2n) is 2.85. The summed E-state index contributed by atoms with van der Waals surface area (Å²) in [5.41, 5.74) is 1.01. The van der Waals surface area contributed by atoms with Crippen molar-refractivity contribution in [2.75, 3.05) is 13.0 Å². The van der Waals surface area contributed by atoms with Gasteiger partial charge in [0, 0.05) is 0 Å². The molecule has 76 valence electrons. The van der Waals surface area contributed by atoms with E-state index in [-0.39, 0.29) is 5.88 Å². The van der Waals surface area contributed by atoms with Gasteiger partial charge < -0.3 is 9.84 Å². The number of ether oxygens (including phenoxy) is 1. The van der Waals surface area contributed by atoms with Crippen molar-refractivity contribution in [3.63, 3.8) is 0 Å². The number of halogens is 1. The average Bonchev–Trinajstić information content (AvgIpc) is 2.26. The number of methoxy groups -OCH3 is 1. The number of benzene rings is 1. The van der Waals surface area contributed by atoms with Gasteiger partial charge in [0.15, 0.2) is 0 Å². The summed E-state index contributed by atoms with van der Waals surface area (Å²) in [6.45, 7) is 0. The normalized spacial score (nSPS) is 13.1. The molecule has 1 N–H and O–H groups in total. The van der Waals surface area contributed by atoms with Gasteiger partial charge in [-0.25, -0.2) is 0 Å². The van der Waals surface area contributed by atoms with E-state index in [1.54, 1.807) is 13.2 Å². The fourth-order valence-electron chi connectivity index (χ4n) is 0.989. The van der Waals surface area contributed by atoms with E-state index in [0.717, 1.165) is 11.3 Å². The molecule has 3 heteroatoms. The Kier molecular flexibility index (Phi) is 4.50. The molecule has 1 aromatic carbocycles. The molecular weight excluding hydrogens is 200 g/mol. The minimum absolute atomic E-state index is 0.215. The van der Waals surface area contributed by atoms with Gasteiger partial charge >= 0.3 is 0 Å². The van der Waals surface area contributed by atoms with Crippen molar-refractivity contribution in [3.8, 4) is 5.75 Å². The van der Waals surface area contributed by atoms with Gasteiger partial charge in [-0.2, -0.15) is 0 Å². The number of rotatable bonds is 4. The first-order chi connectivity index (χ1) is 6.76. The van der Waals surface area contributed by atoms with Crippen LogP contribution in [0, 0.1) is 0 Å². The largest absolute Gasteiger partial charge is 0.497 e. The Bertz CT molecular complexity index is 293. The zero-order valence-corrected chi connectivity index (χ0v) is 8.74. The summed E-state index contributed by atoms with van der Waals surface area (Å²) in [6, 6.07) is 7.56. The Labute approximate surface area is 88.8 Å². The third-order valence-corrected chi connectivity index (χ3v) is 2.10. The van der Waals surface area contributed by atoms with Crippen molar-refractivity contribution >= 4 is 17.7 Å². The molecule has 14 heavy (non-hydrogen) atoms. The van der Waals surface area contributed by atoms with Crippen molar-refractivity contribution in [2.45, 2.75) is 6.10 Å². The van der Waals surface area contributed by atoms with Gasteiger partial charge in [0.05, 0.1) is 19.1 Å². The molecule has 0 amide bonds. The highest BCUT2D eigenvalue weighted by atomic mass is 35.5. The van der Waals surface area contributed by atoms with Crippen molar-refractivity contribution in [3.05, 3.63) is 35.9 Å². The summed E-state index contributed by atoms with van der Waals surface area (Å²) in [5, 5.41) is 9.18. The Hall–Kier alpha value is -0.990. The molecule has 0 unspecified atom stereocenters. The first-order valence-electron chi connectivity index (χ1n) is 4.32. The number of aliphatic hydroxyl groups excluding tert-OH is 1. The molecule has 0 aliphatic heterocycles. The molecule has 2 nitrogen and oxygen atoms in total. The van der Waals surface area contributed by atoms with Gasteiger partial charge in [-0.3, -0.25) is 0 Å². The third-order valence-electron chi connectivity index (χ3n) is 1.78. The lowest BCUT2D eigenvalue weighted by atomic mass is 10.2. The van der Waals surface area contributed by atoms with Crippen molar-refractivity contribution in [2.24, 2.45) is 0 Å². The molecule has 0 spiro atoms. The highest BCUT2D eigenvalue weighted by molar-refractivity contribution is 6.18. The molecule has 0 fully saturated rings. The Morgan fingerprint density at radius 2 is 2.07 bits per heavy atom. The maximum Gasteiger partial charge on any atom is 0.118 e. The van der Waals surface area contributed by atoms with Crippen LogP contribution in [-0.4, -0.2) is 24.2 Å². The predicted molar refractivity (Wildman–Crippen MR) is 58.8 cm³/mol. The van der Waals surface area contributed by atoms with E-state index in [4.69, 9.17) is 16.3 Å². The lowest BCUT2D eigenvalue weighted by Gasteiger charge is -2.00. The van der Waals surface area contributed by atoms with Crippen molar-refractivity contribution in [1.82, 2.24) is 0 Å². The molecule has 0 bridgehead atoms. The Morgan fingerprint density at radius 3 is 2.57 bits per heavy atom. The van der Waals surface area contributed by atoms with E-state index in [0.29, 0.717) is 0 Å². The molecule has 0 aliphatic rings. The van der Waals surface area contributed by atoms with E-state index in [9.17, 15) is 5.11 Å². The van der Waals surface area contributed by atoms with E-state index in [2.05, 4.69) is 0 Å². The van der Waals surface area contributed by atoms with Crippen LogP contribution in [0.1, 0.15) is 5.56 Å². The highest BCUT2D eigenvalue weighted by Gasteiger charge is 1.94. The second-order valence-corrected chi connectivity index (χ2v) is 3.16. The fourth-order valence-corrected chi connectivity index (χ4v) is 1.09. The van der Waals surface area contributed by atoms with Crippen LogP contribution < -0.4 is 4.74 Å². The first kappa shape index (κ1) is 11.1. The maximum absolute atomic E-state index is 9.18. The Balaban J connectivity index is 2.64. The lowest BCUT2D eigenvalue weighted by Crippen LogP contribution is -2.02. The van der Waals surface area contributed by atoms with Crippen LogP contribution in [0.15, 0.2) is 30.3 Å². The summed E-state index contributed by atoms with van der Waals surface area (Å²) in [4.78, 5) is 0. The molecule has 1 aromatic rings. The van der Waals surface area contributed by atoms with Gasteiger partial charge in [-0.05, 0) is 17.7 Å². The van der Waals surface area contributed by atoms with Gasteiger partial charge in [0.25, 0.3) is 0 Å². The van der Waals surface area contributed by atoms with Crippen LogP contribution >= 0.6 is 11.6 Å². The molecule has 0 radical (unpaired) electrons. The molecule has 0 heterocycles. The summed E-state index contributed by atoms with van der Waals surface area (Å²) in [6.07, 6.45) is 2.90. The van der Waals surface area contributed by atoms with Crippen LogP contribution in [0.5, 0.6) is 5.75 Å². The monoisotopic (exact) mass is 212 g/mol. The lowest BCUT2D eigenvalue weighted by molar-refractivity contribution is 0.248. The standard InChI is InChI=1S/C11H13ClO2/c1-14-11-6-3-9(4-7-11)2-5-10(13)8-12/h2-7,10,13H,8H2,1H3/b5-2+/t10-/m0/s1. The topological polar surface area (TPSA) is 29.5 Å². The number of hydrogen-bond acceptors (Lipinski definition) is 2. The molecule has 1 rings (SSSR count). The fraction of sp³-hybridized carbons (Fsp3) is 0.273. The van der Waals surface area contributed by atoms with E-state index >= 15 is 0 Å². The minimum Gasteiger partial charge on any atom is -0.497 e. The van der Waals surface area contributed by atoms with Crippen molar-refractivity contribution in [1.29, 1.82) is 0 Å². The van der Waals surface area contributed by atoms with Crippen LogP contribution in [0.4, 0.5) is 0 Å². The van der Waals surface area contributed by atoms with Gasteiger partial charge in [-0.1, -0.05) is 24.3 Å². The highest BCUT2D eigenvalue weighted by Crippen LogP contribution is 2.12. The third kappa shape index (κ3) is 3.40. The van der Waals surface area contributed by atoms with E-state index in [1.165, 1.54) is 0 Å². The predicted octanol–water partition coefficient (Wildman–Crippen LogP) is 2.31. The SMILES string of the molecule is COc1ccc(/C=C/[C@H](O)CCl)cc1. The van der Waals surface area contributed by atoms with Crippen LogP contribution in [0.25, 0.3) is 6.08 Å². The molecular formula is C11H13ClO2. The maximum atomic E-state index is 9.18. The number of alkyl halides is 1. The molecule has 0 aliphatic carbocycles. The van der Waals surface area contributed by atoms with Gasteiger partial charge in [0.1, 0.15) is 5.75 Å². The number of hydrogen-bond donors (Lipinski definition) is 1. The summed E-state index contributed by atoms with van der Waals surface area (Å²) < 4.78 is 5.02. The molecule has 0 aromatic heterocycles.